The Balaban J connectivity index is 4.33. The number of rotatable bonds is 5. The van der Waals surface area contributed by atoms with E-state index in [2.05, 4.69) is 4.74 Å². The van der Waals surface area contributed by atoms with Crippen molar-refractivity contribution in [1.29, 1.82) is 0 Å². The normalized spacial score (nSPS) is 12.8. The van der Waals surface area contributed by atoms with Crippen molar-refractivity contribution in [1.82, 2.24) is 0 Å². The van der Waals surface area contributed by atoms with Crippen LogP contribution in [-0.4, -0.2) is 23.0 Å². The molecular weight excluding hydrogens is 183 g/mol. The molecule has 0 fully saturated rings. The van der Waals surface area contributed by atoms with Crippen LogP contribution >= 0.6 is 7.60 Å². The van der Waals surface area contributed by atoms with Crippen LogP contribution in [0, 0.1) is 0 Å². The van der Waals surface area contributed by atoms with Crippen LogP contribution in [0.1, 0.15) is 13.8 Å². The number of hydrogen-bond acceptors (Lipinski definition) is 3. The lowest BCUT2D eigenvalue weighted by Crippen LogP contribution is -1.94. The molecule has 0 saturated carbocycles. The zero-order chi connectivity index (χ0) is 9.61. The van der Waals surface area contributed by atoms with E-state index in [-0.39, 0.29) is 6.61 Å². The summed E-state index contributed by atoms with van der Waals surface area (Å²) < 4.78 is 20.0. The Labute approximate surface area is 71.2 Å². The lowest BCUT2D eigenvalue weighted by Gasteiger charge is -2.09. The molecule has 0 radical (unpaired) electrons. The molecule has 5 nitrogen and oxygen atoms in total. The first-order valence-electron chi connectivity index (χ1n) is 3.53. The van der Waals surface area contributed by atoms with Crippen LogP contribution < -0.4 is 0 Å². The van der Waals surface area contributed by atoms with Gasteiger partial charge in [-0.15, -0.1) is 0 Å². The van der Waals surface area contributed by atoms with Crippen LogP contribution in [0.5, 0.6) is 0 Å². The zero-order valence-electron chi connectivity index (χ0n) is 7.06. The van der Waals surface area contributed by atoms with Gasteiger partial charge in [0.1, 0.15) is 6.26 Å². The number of hydrogen-bond donors (Lipinski definition) is 2. The molecule has 0 saturated heterocycles. The third kappa shape index (κ3) is 4.38. The van der Waals surface area contributed by atoms with Crippen LogP contribution in [0.15, 0.2) is 11.8 Å². The first-order chi connectivity index (χ1) is 5.52. The first kappa shape index (κ1) is 11.5. The van der Waals surface area contributed by atoms with Crippen molar-refractivity contribution in [3.63, 3.8) is 0 Å². The smallest absolute Gasteiger partial charge is 0.393 e. The van der Waals surface area contributed by atoms with Gasteiger partial charge >= 0.3 is 7.60 Å². The van der Waals surface area contributed by atoms with Gasteiger partial charge in [-0.1, -0.05) is 0 Å². The fourth-order valence-electron chi connectivity index (χ4n) is 0.489. The third-order valence-electron chi connectivity index (χ3n) is 0.930. The second kappa shape index (κ2) is 5.19. The molecule has 0 aliphatic rings. The zero-order valence-corrected chi connectivity index (χ0v) is 7.95. The largest absolute Gasteiger partial charge is 0.497 e. The van der Waals surface area contributed by atoms with Crippen molar-refractivity contribution in [2.45, 2.75) is 13.8 Å². The van der Waals surface area contributed by atoms with Gasteiger partial charge in [0.05, 0.1) is 13.2 Å². The molecule has 0 rings (SSSR count). The minimum Gasteiger partial charge on any atom is -0.497 e. The maximum Gasteiger partial charge on any atom is 0.393 e. The fraction of sp³-hybridized carbons (Fsp3) is 0.667. The van der Waals surface area contributed by atoms with Gasteiger partial charge in [-0.05, 0) is 13.8 Å². The molecule has 0 atom stereocenters. The highest BCUT2D eigenvalue weighted by atomic mass is 31.2. The van der Waals surface area contributed by atoms with Crippen LogP contribution in [0.2, 0.25) is 0 Å². The van der Waals surface area contributed by atoms with E-state index in [0.717, 1.165) is 6.26 Å². The molecule has 0 aromatic carbocycles. The molecule has 0 aromatic heterocycles. The van der Waals surface area contributed by atoms with E-state index in [1.807, 2.05) is 0 Å². The van der Waals surface area contributed by atoms with Crippen molar-refractivity contribution in [3.05, 3.63) is 11.8 Å². The van der Waals surface area contributed by atoms with Crippen molar-refractivity contribution >= 4 is 7.60 Å². The SMILES string of the molecule is CCO/C=C(/OCC)P(=O)(O)O. The molecule has 0 heterocycles. The van der Waals surface area contributed by atoms with E-state index in [4.69, 9.17) is 14.5 Å². The van der Waals surface area contributed by atoms with Crippen molar-refractivity contribution in [2.24, 2.45) is 0 Å². The Kier molecular flexibility index (Phi) is 4.97. The van der Waals surface area contributed by atoms with Gasteiger partial charge in [-0.25, -0.2) is 0 Å². The molecule has 0 bridgehead atoms. The van der Waals surface area contributed by atoms with Gasteiger partial charge in [-0.2, -0.15) is 0 Å². The molecule has 0 spiro atoms. The van der Waals surface area contributed by atoms with Gasteiger partial charge in [0, 0.05) is 0 Å². The molecule has 72 valence electrons. The maximum atomic E-state index is 10.6. The summed E-state index contributed by atoms with van der Waals surface area (Å²) in [5.41, 5.74) is -0.424. The molecule has 0 aromatic rings. The Morgan fingerprint density at radius 1 is 1.42 bits per heavy atom. The maximum absolute atomic E-state index is 10.6. The second-order valence-electron chi connectivity index (χ2n) is 1.89. The minimum absolute atomic E-state index is 0.198. The van der Waals surface area contributed by atoms with Gasteiger partial charge < -0.3 is 19.3 Å². The highest BCUT2D eigenvalue weighted by Crippen LogP contribution is 2.45. The first-order valence-corrected chi connectivity index (χ1v) is 5.14. The van der Waals surface area contributed by atoms with Gasteiger partial charge in [0.15, 0.2) is 0 Å². The Morgan fingerprint density at radius 3 is 2.33 bits per heavy atom. The third-order valence-corrected chi connectivity index (χ3v) is 1.74. The van der Waals surface area contributed by atoms with Crippen LogP contribution in [0.4, 0.5) is 0 Å². The van der Waals surface area contributed by atoms with Gasteiger partial charge in [0.25, 0.3) is 0 Å². The number of ether oxygens (including phenoxy) is 2. The van der Waals surface area contributed by atoms with Crippen LogP contribution in [0.3, 0.4) is 0 Å². The molecule has 0 aliphatic heterocycles. The lowest BCUT2D eigenvalue weighted by molar-refractivity contribution is 0.196. The molecule has 12 heavy (non-hydrogen) atoms. The minimum atomic E-state index is -4.31. The van der Waals surface area contributed by atoms with Crippen LogP contribution in [0.25, 0.3) is 0 Å². The topological polar surface area (TPSA) is 76.0 Å². The fourth-order valence-corrected chi connectivity index (χ4v) is 0.998. The summed E-state index contributed by atoms with van der Waals surface area (Å²) in [5, 5.41) is 0. The quantitative estimate of drug-likeness (QED) is 0.507. The molecule has 0 aliphatic carbocycles. The second-order valence-corrected chi connectivity index (χ2v) is 3.42. The molecule has 0 amide bonds. The molecule has 0 unspecified atom stereocenters. The van der Waals surface area contributed by atoms with E-state index in [1.54, 1.807) is 13.8 Å². The summed E-state index contributed by atoms with van der Waals surface area (Å²) >= 11 is 0. The van der Waals surface area contributed by atoms with Crippen molar-refractivity contribution in [3.8, 4) is 0 Å². The summed E-state index contributed by atoms with van der Waals surface area (Å²) in [7, 11) is -4.31. The Morgan fingerprint density at radius 2 is 2.00 bits per heavy atom. The molecule has 6 heteroatoms. The Hall–Kier alpha value is -0.510. The Bertz CT molecular complexity index is 194. The van der Waals surface area contributed by atoms with E-state index in [9.17, 15) is 4.57 Å². The lowest BCUT2D eigenvalue weighted by atomic mass is 10.8. The summed E-state index contributed by atoms with van der Waals surface area (Å²) in [4.78, 5) is 17.3. The molecule has 2 N–H and O–H groups in total. The summed E-state index contributed by atoms with van der Waals surface area (Å²) in [6.07, 6.45) is 0.949. The van der Waals surface area contributed by atoms with Crippen molar-refractivity contribution < 1.29 is 23.8 Å². The summed E-state index contributed by atoms with van der Waals surface area (Å²) in [6, 6.07) is 0. The molecular formula is C6H13O5P. The average molecular weight is 196 g/mol. The standard InChI is InChI=1S/C6H13O5P/c1-3-10-5-6(11-4-2)12(7,8)9/h5H,3-4H2,1-2H3,(H2,7,8,9)/b6-5-. The summed E-state index contributed by atoms with van der Waals surface area (Å²) in [5.74, 6) is 0. The van der Waals surface area contributed by atoms with E-state index in [0.29, 0.717) is 6.61 Å². The van der Waals surface area contributed by atoms with Gasteiger partial charge in [0.2, 0.25) is 5.50 Å². The van der Waals surface area contributed by atoms with Crippen molar-refractivity contribution in [2.75, 3.05) is 13.2 Å². The van der Waals surface area contributed by atoms with Gasteiger partial charge in [-0.3, -0.25) is 4.57 Å². The average Bonchev–Trinajstić information content (AvgIpc) is 1.95. The van der Waals surface area contributed by atoms with E-state index < -0.39 is 13.1 Å². The predicted molar refractivity (Wildman–Crippen MR) is 43.4 cm³/mol. The van der Waals surface area contributed by atoms with E-state index in [1.165, 1.54) is 0 Å². The van der Waals surface area contributed by atoms with Crippen LogP contribution in [-0.2, 0) is 14.0 Å². The monoisotopic (exact) mass is 196 g/mol. The summed E-state index contributed by atoms with van der Waals surface area (Å²) in [6.45, 7) is 3.88. The predicted octanol–water partition coefficient (Wildman–Crippen LogP) is 1.04. The highest BCUT2D eigenvalue weighted by Gasteiger charge is 2.22. The highest BCUT2D eigenvalue weighted by molar-refractivity contribution is 7.56. The van der Waals surface area contributed by atoms with E-state index >= 15 is 0 Å².